The number of hydrogen-bond donors (Lipinski definition) is 2. The van der Waals surface area contributed by atoms with E-state index in [1.54, 1.807) is 28.4 Å². The van der Waals surface area contributed by atoms with Crippen molar-refractivity contribution in [3.63, 3.8) is 0 Å². The molecule has 0 spiro atoms. The van der Waals surface area contributed by atoms with Crippen LogP contribution in [0, 0.1) is 0 Å². The van der Waals surface area contributed by atoms with Crippen LogP contribution in [0.25, 0.3) is 0 Å². The Morgan fingerprint density at radius 2 is 2.07 bits per heavy atom. The molecule has 150 valence electrons. The molecule has 10 heteroatoms. The number of nitrogens with one attached hydrogen (secondary N) is 2. The Bertz CT molecular complexity index is 682. The van der Waals surface area contributed by atoms with E-state index < -0.39 is 30.6 Å². The molecule has 1 aliphatic heterocycles. The van der Waals surface area contributed by atoms with E-state index in [0.717, 1.165) is 5.56 Å². The lowest BCUT2D eigenvalue weighted by Crippen LogP contribution is -2.56. The summed E-state index contributed by atoms with van der Waals surface area (Å²) in [5.74, 6) is -0.204. The van der Waals surface area contributed by atoms with E-state index in [1.807, 2.05) is 0 Å². The van der Waals surface area contributed by atoms with Gasteiger partial charge in [-0.1, -0.05) is 12.1 Å². The van der Waals surface area contributed by atoms with E-state index in [2.05, 4.69) is 5.32 Å². The van der Waals surface area contributed by atoms with Crippen LogP contribution in [0.1, 0.15) is 12.0 Å². The number of para-hydroxylation sites is 1. The molecule has 0 radical (unpaired) electrons. The summed E-state index contributed by atoms with van der Waals surface area (Å²) in [7, 11) is 3.00. The quantitative estimate of drug-likeness (QED) is 0.730. The number of halogens is 3. The number of rotatable bonds is 7. The van der Waals surface area contributed by atoms with Crippen molar-refractivity contribution in [2.75, 3.05) is 33.9 Å². The first-order chi connectivity index (χ1) is 12.7. The van der Waals surface area contributed by atoms with Crippen LogP contribution in [0.5, 0.6) is 11.5 Å². The predicted molar refractivity (Wildman–Crippen MR) is 90.4 cm³/mol. The average molecular weight is 389 g/mol. The van der Waals surface area contributed by atoms with Crippen LogP contribution in [0.2, 0.25) is 0 Å². The lowest BCUT2D eigenvalue weighted by Gasteiger charge is -2.35. The van der Waals surface area contributed by atoms with Gasteiger partial charge >= 0.3 is 6.18 Å². The normalized spacial score (nSPS) is 18.0. The second-order valence-electron chi connectivity index (χ2n) is 6.03. The summed E-state index contributed by atoms with van der Waals surface area (Å²) in [6.07, 6.45) is -4.87. The molecule has 1 fully saturated rings. The molecular formula is C17H22F3N3O4. The molecule has 0 aromatic heterocycles. The zero-order valence-corrected chi connectivity index (χ0v) is 15.1. The van der Waals surface area contributed by atoms with Gasteiger partial charge in [0.25, 0.3) is 0 Å². The molecule has 2 rings (SSSR count). The Balaban J connectivity index is 2.12. The zero-order chi connectivity index (χ0) is 20.0. The topological polar surface area (TPSA) is 79.9 Å². The van der Waals surface area contributed by atoms with Crippen molar-refractivity contribution in [3.05, 3.63) is 23.8 Å². The summed E-state index contributed by atoms with van der Waals surface area (Å²) in [6.45, 7) is -0.315. The number of amides is 2. The summed E-state index contributed by atoms with van der Waals surface area (Å²) in [5.41, 5.74) is 0.743. The average Bonchev–Trinajstić information content (AvgIpc) is 2.62. The van der Waals surface area contributed by atoms with Gasteiger partial charge in [-0.2, -0.15) is 13.2 Å². The Morgan fingerprint density at radius 3 is 2.70 bits per heavy atom. The number of piperazine rings is 1. The maximum Gasteiger partial charge on any atom is 0.405 e. The smallest absolute Gasteiger partial charge is 0.405 e. The highest BCUT2D eigenvalue weighted by Crippen LogP contribution is 2.32. The first kappa shape index (κ1) is 20.8. The number of hydrogen-bond acceptors (Lipinski definition) is 5. The molecule has 2 N–H and O–H groups in total. The van der Waals surface area contributed by atoms with Gasteiger partial charge in [-0.05, 0) is 6.07 Å². The van der Waals surface area contributed by atoms with Gasteiger partial charge < -0.3 is 20.1 Å². The van der Waals surface area contributed by atoms with Gasteiger partial charge in [-0.3, -0.25) is 14.5 Å². The Kier molecular flexibility index (Phi) is 6.89. The van der Waals surface area contributed by atoms with Crippen LogP contribution in [-0.2, 0) is 16.1 Å². The third-order valence-electron chi connectivity index (χ3n) is 4.16. The molecule has 0 saturated carbocycles. The number of carbonyl (C=O) groups excluding carboxylic acids is 2. The molecule has 1 aliphatic rings. The molecule has 0 bridgehead atoms. The Morgan fingerprint density at radius 1 is 1.33 bits per heavy atom. The van der Waals surface area contributed by atoms with E-state index in [1.165, 1.54) is 14.2 Å². The van der Waals surface area contributed by atoms with Crippen molar-refractivity contribution in [3.8, 4) is 11.5 Å². The van der Waals surface area contributed by atoms with Crippen LogP contribution < -0.4 is 20.1 Å². The number of methoxy groups -OCH3 is 2. The molecule has 2 amide bonds. The van der Waals surface area contributed by atoms with Crippen LogP contribution in [-0.4, -0.2) is 62.8 Å². The zero-order valence-electron chi connectivity index (χ0n) is 15.1. The van der Waals surface area contributed by atoms with Crippen molar-refractivity contribution < 1.29 is 32.2 Å². The van der Waals surface area contributed by atoms with Crippen molar-refractivity contribution in [2.24, 2.45) is 0 Å². The molecule has 0 aliphatic carbocycles. The predicted octanol–water partition coefficient (Wildman–Crippen LogP) is 1.07. The molecule has 1 aromatic rings. The number of nitrogens with zero attached hydrogens (tertiary/aromatic N) is 1. The maximum atomic E-state index is 12.3. The van der Waals surface area contributed by atoms with Crippen molar-refractivity contribution in [2.45, 2.75) is 25.2 Å². The number of alkyl halides is 3. The fourth-order valence-corrected chi connectivity index (χ4v) is 2.92. The molecule has 27 heavy (non-hydrogen) atoms. The Labute approximate surface area is 154 Å². The van der Waals surface area contributed by atoms with Gasteiger partial charge in [0.2, 0.25) is 11.8 Å². The van der Waals surface area contributed by atoms with Crippen LogP contribution in [0.3, 0.4) is 0 Å². The van der Waals surface area contributed by atoms with E-state index in [9.17, 15) is 22.8 Å². The largest absolute Gasteiger partial charge is 0.493 e. The molecule has 1 saturated heterocycles. The molecule has 7 nitrogen and oxygen atoms in total. The van der Waals surface area contributed by atoms with E-state index >= 15 is 0 Å². The summed E-state index contributed by atoms with van der Waals surface area (Å²) in [5, 5.41) is 4.44. The van der Waals surface area contributed by atoms with Gasteiger partial charge in [-0.15, -0.1) is 0 Å². The standard InChI is InChI=1S/C17H22F3N3O4/c1-26-13-5-3-4-11(15(13)27-2)9-23-7-6-21-16(25)12(23)8-14(24)22-10-17(18,19)20/h3-5,12H,6-10H2,1-2H3,(H,21,25)(H,22,24). The fourth-order valence-electron chi connectivity index (χ4n) is 2.92. The van der Waals surface area contributed by atoms with Gasteiger partial charge in [0.05, 0.1) is 26.7 Å². The SMILES string of the molecule is COc1cccc(CN2CCNC(=O)C2CC(=O)NCC(F)(F)F)c1OC. The summed E-state index contributed by atoms with van der Waals surface area (Å²) >= 11 is 0. The molecule has 1 aromatic carbocycles. The highest BCUT2D eigenvalue weighted by Gasteiger charge is 2.34. The minimum atomic E-state index is -4.50. The minimum absolute atomic E-state index is 0.283. The summed E-state index contributed by atoms with van der Waals surface area (Å²) in [6, 6.07) is 4.43. The Hall–Kier alpha value is -2.49. The molecule has 1 unspecified atom stereocenters. The minimum Gasteiger partial charge on any atom is -0.493 e. The number of benzene rings is 1. The van der Waals surface area contributed by atoms with Gasteiger partial charge in [0.1, 0.15) is 6.54 Å². The van der Waals surface area contributed by atoms with Crippen LogP contribution in [0.15, 0.2) is 18.2 Å². The molecule has 1 heterocycles. The van der Waals surface area contributed by atoms with Crippen LogP contribution in [0.4, 0.5) is 13.2 Å². The number of ether oxygens (including phenoxy) is 2. The van der Waals surface area contributed by atoms with Gasteiger partial charge in [0, 0.05) is 25.2 Å². The fraction of sp³-hybridized carbons (Fsp3) is 0.529. The van der Waals surface area contributed by atoms with Gasteiger partial charge in [0.15, 0.2) is 11.5 Å². The number of carbonyl (C=O) groups is 2. The van der Waals surface area contributed by atoms with E-state index in [4.69, 9.17) is 9.47 Å². The lowest BCUT2D eigenvalue weighted by atomic mass is 10.1. The second-order valence-corrected chi connectivity index (χ2v) is 6.03. The third kappa shape index (κ3) is 5.75. The summed E-state index contributed by atoms with van der Waals surface area (Å²) in [4.78, 5) is 25.8. The monoisotopic (exact) mass is 389 g/mol. The molecule has 1 atom stereocenters. The van der Waals surface area contributed by atoms with Crippen LogP contribution >= 0.6 is 0 Å². The van der Waals surface area contributed by atoms with Gasteiger partial charge in [-0.25, -0.2) is 0 Å². The lowest BCUT2D eigenvalue weighted by molar-refractivity contribution is -0.141. The molecular weight excluding hydrogens is 367 g/mol. The first-order valence-electron chi connectivity index (χ1n) is 8.30. The van der Waals surface area contributed by atoms with Crippen molar-refractivity contribution in [1.82, 2.24) is 15.5 Å². The highest BCUT2D eigenvalue weighted by molar-refractivity contribution is 5.88. The van der Waals surface area contributed by atoms with Crippen molar-refractivity contribution >= 4 is 11.8 Å². The second kappa shape index (κ2) is 8.94. The first-order valence-corrected chi connectivity index (χ1v) is 8.30. The maximum absolute atomic E-state index is 12.3. The summed E-state index contributed by atoms with van der Waals surface area (Å²) < 4.78 is 47.4. The third-order valence-corrected chi connectivity index (χ3v) is 4.16. The van der Waals surface area contributed by atoms with Crippen molar-refractivity contribution in [1.29, 1.82) is 0 Å². The van der Waals surface area contributed by atoms with E-state index in [-0.39, 0.29) is 13.0 Å². The highest BCUT2D eigenvalue weighted by atomic mass is 19.4. The van der Waals surface area contributed by atoms with E-state index in [0.29, 0.717) is 24.6 Å².